The summed E-state index contributed by atoms with van der Waals surface area (Å²) in [5.41, 5.74) is 0.236. The molecule has 0 saturated heterocycles. The molecule has 5 nitrogen and oxygen atoms in total. The van der Waals surface area contributed by atoms with Crippen LogP contribution in [0, 0.1) is 0 Å². The van der Waals surface area contributed by atoms with E-state index in [1.165, 1.54) is 18.3 Å². The van der Waals surface area contributed by atoms with Crippen LogP contribution in [-0.2, 0) is 9.53 Å². The standard InChI is InChI=1S/C10H14N2O3S2/c1-3-16-5-4-15-9(14)8-6-17-10(12-8)11-7(2)13/h6H,3-5H2,1-2H3,(H,11,12,13). The molecule has 7 heteroatoms. The summed E-state index contributed by atoms with van der Waals surface area (Å²) in [4.78, 5) is 26.2. The molecule has 1 heterocycles. The van der Waals surface area contributed by atoms with Crippen LogP contribution in [0.4, 0.5) is 5.13 Å². The van der Waals surface area contributed by atoms with E-state index in [1.54, 1.807) is 17.1 Å². The Morgan fingerprint density at radius 2 is 2.35 bits per heavy atom. The third-order valence-corrected chi connectivity index (χ3v) is 3.28. The zero-order chi connectivity index (χ0) is 12.7. The summed E-state index contributed by atoms with van der Waals surface area (Å²) in [6, 6.07) is 0. The van der Waals surface area contributed by atoms with E-state index >= 15 is 0 Å². The van der Waals surface area contributed by atoms with E-state index in [2.05, 4.69) is 10.3 Å². The Hall–Kier alpha value is -1.08. The topological polar surface area (TPSA) is 68.3 Å². The van der Waals surface area contributed by atoms with E-state index in [9.17, 15) is 9.59 Å². The Bertz CT molecular complexity index is 393. The number of anilines is 1. The van der Waals surface area contributed by atoms with E-state index < -0.39 is 5.97 Å². The third kappa shape index (κ3) is 5.18. The molecule has 0 unspecified atom stereocenters. The minimum Gasteiger partial charge on any atom is -0.460 e. The molecule has 0 fully saturated rings. The molecule has 0 saturated carbocycles. The van der Waals surface area contributed by atoms with Gasteiger partial charge in [-0.15, -0.1) is 11.3 Å². The molecule has 0 aliphatic rings. The Morgan fingerprint density at radius 1 is 1.59 bits per heavy atom. The zero-order valence-corrected chi connectivity index (χ0v) is 11.3. The summed E-state index contributed by atoms with van der Waals surface area (Å²) in [6.07, 6.45) is 0. The van der Waals surface area contributed by atoms with Crippen molar-refractivity contribution in [2.75, 3.05) is 23.4 Å². The van der Waals surface area contributed by atoms with Gasteiger partial charge in [0.2, 0.25) is 5.91 Å². The molecule has 1 aromatic heterocycles. The van der Waals surface area contributed by atoms with Crippen LogP contribution in [0.5, 0.6) is 0 Å². The highest BCUT2D eigenvalue weighted by atomic mass is 32.2. The van der Waals surface area contributed by atoms with E-state index in [-0.39, 0.29) is 11.6 Å². The number of esters is 1. The second-order valence-corrected chi connectivity index (χ2v) is 5.30. The number of thioether (sulfide) groups is 1. The number of hydrogen-bond donors (Lipinski definition) is 1. The number of ether oxygens (including phenoxy) is 1. The molecular formula is C10H14N2O3S2. The fourth-order valence-corrected chi connectivity index (χ4v) is 2.20. The number of hydrogen-bond acceptors (Lipinski definition) is 6. The van der Waals surface area contributed by atoms with Crippen molar-refractivity contribution in [2.45, 2.75) is 13.8 Å². The predicted octanol–water partition coefficient (Wildman–Crippen LogP) is 2.01. The van der Waals surface area contributed by atoms with Crippen molar-refractivity contribution in [3.05, 3.63) is 11.1 Å². The van der Waals surface area contributed by atoms with Gasteiger partial charge in [-0.25, -0.2) is 9.78 Å². The summed E-state index contributed by atoms with van der Waals surface area (Å²) in [7, 11) is 0. The van der Waals surface area contributed by atoms with E-state index in [4.69, 9.17) is 4.74 Å². The van der Waals surface area contributed by atoms with E-state index in [1.807, 2.05) is 6.92 Å². The van der Waals surface area contributed by atoms with Gasteiger partial charge in [-0.3, -0.25) is 4.79 Å². The van der Waals surface area contributed by atoms with Gasteiger partial charge in [-0.2, -0.15) is 11.8 Å². The number of nitrogens with zero attached hydrogens (tertiary/aromatic N) is 1. The Labute approximate surface area is 108 Å². The van der Waals surface area contributed by atoms with Crippen molar-refractivity contribution in [1.82, 2.24) is 4.98 Å². The van der Waals surface area contributed by atoms with Gasteiger partial charge in [-0.05, 0) is 5.75 Å². The van der Waals surface area contributed by atoms with Crippen LogP contribution in [0.3, 0.4) is 0 Å². The average Bonchev–Trinajstić information content (AvgIpc) is 2.71. The quantitative estimate of drug-likeness (QED) is 0.635. The molecule has 0 spiro atoms. The SMILES string of the molecule is CCSCCOC(=O)c1csc(NC(C)=O)n1. The first-order chi connectivity index (χ1) is 8.13. The number of aromatic nitrogens is 1. The van der Waals surface area contributed by atoms with Gasteiger partial charge in [-0.1, -0.05) is 6.92 Å². The Morgan fingerprint density at radius 3 is 3.00 bits per heavy atom. The molecule has 1 amide bonds. The highest BCUT2D eigenvalue weighted by molar-refractivity contribution is 7.99. The largest absolute Gasteiger partial charge is 0.460 e. The minimum absolute atomic E-state index is 0.210. The average molecular weight is 274 g/mol. The van der Waals surface area contributed by atoms with Gasteiger partial charge in [0.15, 0.2) is 10.8 Å². The lowest BCUT2D eigenvalue weighted by Crippen LogP contribution is -2.09. The highest BCUT2D eigenvalue weighted by Gasteiger charge is 2.12. The van der Waals surface area contributed by atoms with Gasteiger partial charge in [0.05, 0.1) is 0 Å². The van der Waals surface area contributed by atoms with Gasteiger partial charge >= 0.3 is 5.97 Å². The number of carbonyl (C=O) groups excluding carboxylic acids is 2. The monoisotopic (exact) mass is 274 g/mol. The molecule has 0 aliphatic heterocycles. The number of thiazole rings is 1. The summed E-state index contributed by atoms with van der Waals surface area (Å²) in [5, 5.41) is 4.49. The maximum Gasteiger partial charge on any atom is 0.357 e. The lowest BCUT2D eigenvalue weighted by molar-refractivity contribution is -0.114. The first kappa shape index (κ1) is 14.0. The minimum atomic E-state index is -0.449. The van der Waals surface area contributed by atoms with Gasteiger partial charge in [0.1, 0.15) is 6.61 Å². The molecule has 94 valence electrons. The van der Waals surface area contributed by atoms with Gasteiger partial charge in [0.25, 0.3) is 0 Å². The van der Waals surface area contributed by atoms with Crippen molar-refractivity contribution in [3.8, 4) is 0 Å². The van der Waals surface area contributed by atoms with Crippen molar-refractivity contribution in [1.29, 1.82) is 0 Å². The van der Waals surface area contributed by atoms with Crippen LogP contribution in [0.15, 0.2) is 5.38 Å². The van der Waals surface area contributed by atoms with Crippen LogP contribution in [0.2, 0.25) is 0 Å². The second kappa shape index (κ2) is 7.29. The number of rotatable bonds is 6. The van der Waals surface area contributed by atoms with E-state index in [0.29, 0.717) is 11.7 Å². The highest BCUT2D eigenvalue weighted by Crippen LogP contribution is 2.16. The molecular weight excluding hydrogens is 260 g/mol. The molecule has 17 heavy (non-hydrogen) atoms. The smallest absolute Gasteiger partial charge is 0.357 e. The molecule has 0 bridgehead atoms. The van der Waals surface area contributed by atoms with Crippen molar-refractivity contribution >= 4 is 40.1 Å². The fourth-order valence-electron chi connectivity index (χ4n) is 0.987. The summed E-state index contributed by atoms with van der Waals surface area (Å²) in [6.45, 7) is 3.82. The van der Waals surface area contributed by atoms with Crippen molar-refractivity contribution in [2.24, 2.45) is 0 Å². The maximum atomic E-state index is 11.5. The lowest BCUT2D eigenvalue weighted by atomic mass is 10.5. The summed E-state index contributed by atoms with van der Waals surface area (Å²) >= 11 is 2.91. The Balaban J connectivity index is 2.41. The number of carbonyl (C=O) groups is 2. The third-order valence-electron chi connectivity index (χ3n) is 1.66. The lowest BCUT2D eigenvalue weighted by Gasteiger charge is -2.01. The molecule has 1 aromatic rings. The Kier molecular flexibility index (Phi) is 5.99. The normalized spacial score (nSPS) is 10.0. The number of amides is 1. The molecule has 0 aliphatic carbocycles. The van der Waals surface area contributed by atoms with Gasteiger partial charge < -0.3 is 10.1 Å². The molecule has 1 N–H and O–H groups in total. The van der Waals surface area contributed by atoms with Crippen LogP contribution < -0.4 is 5.32 Å². The molecule has 0 atom stereocenters. The second-order valence-electron chi connectivity index (χ2n) is 3.05. The zero-order valence-electron chi connectivity index (χ0n) is 9.69. The van der Waals surface area contributed by atoms with Crippen LogP contribution in [0.1, 0.15) is 24.3 Å². The predicted molar refractivity (Wildman–Crippen MR) is 69.7 cm³/mol. The molecule has 0 aromatic carbocycles. The van der Waals surface area contributed by atoms with E-state index in [0.717, 1.165) is 11.5 Å². The summed E-state index contributed by atoms with van der Waals surface area (Å²) < 4.78 is 5.02. The van der Waals surface area contributed by atoms with Crippen molar-refractivity contribution in [3.63, 3.8) is 0 Å². The first-order valence-corrected chi connectivity index (χ1v) is 7.15. The first-order valence-electron chi connectivity index (χ1n) is 5.11. The maximum absolute atomic E-state index is 11.5. The molecule has 1 rings (SSSR count). The fraction of sp³-hybridized carbons (Fsp3) is 0.500. The summed E-state index contributed by atoms with van der Waals surface area (Å²) in [5.74, 6) is 1.12. The van der Waals surface area contributed by atoms with Crippen LogP contribution >= 0.6 is 23.1 Å². The number of nitrogens with one attached hydrogen (secondary N) is 1. The van der Waals surface area contributed by atoms with Crippen molar-refractivity contribution < 1.29 is 14.3 Å². The molecule has 0 radical (unpaired) electrons. The van der Waals surface area contributed by atoms with Crippen LogP contribution in [-0.4, -0.2) is 35.0 Å². The van der Waals surface area contributed by atoms with Gasteiger partial charge in [0, 0.05) is 18.1 Å². The van der Waals surface area contributed by atoms with Crippen LogP contribution in [0.25, 0.3) is 0 Å².